The molecule has 1 N–H and O–H groups in total. The van der Waals surface area contributed by atoms with Crippen LogP contribution >= 0.6 is 0 Å². The first-order valence-corrected chi connectivity index (χ1v) is 3.23. The molecule has 0 aliphatic rings. The van der Waals surface area contributed by atoms with Crippen LogP contribution < -0.4 is 0 Å². The molecule has 0 spiro atoms. The molecule has 13 heavy (non-hydrogen) atoms. The van der Waals surface area contributed by atoms with Crippen LogP contribution in [-0.4, -0.2) is 23.5 Å². The normalized spacial score (nSPS) is 12.3. The second-order valence-electron chi connectivity index (χ2n) is 2.12. The molecule has 0 aliphatic heterocycles. The lowest BCUT2D eigenvalue weighted by Crippen LogP contribution is -2.04. The topological polar surface area (TPSA) is 50.3 Å². The van der Waals surface area contributed by atoms with Gasteiger partial charge in [0.2, 0.25) is 0 Å². The third-order valence-corrected chi connectivity index (χ3v) is 1.19. The van der Waals surface area contributed by atoms with E-state index in [0.717, 1.165) is 12.3 Å². The van der Waals surface area contributed by atoms with Crippen molar-refractivity contribution in [2.75, 3.05) is 7.11 Å². The van der Waals surface area contributed by atoms with Crippen LogP contribution in [0.1, 0.15) is 11.4 Å². The summed E-state index contributed by atoms with van der Waals surface area (Å²) >= 11 is 0. The Hall–Kier alpha value is -1.53. The number of hydrogen-bond acceptors (Lipinski definition) is 3. The predicted octanol–water partition coefficient (Wildman–Crippen LogP) is 1.41. The fraction of sp³-hybridized carbons (Fsp3) is 0.333. The first-order chi connectivity index (χ1) is 6.04. The summed E-state index contributed by atoms with van der Waals surface area (Å²) in [5.74, 6) is 0. The monoisotopic (exact) mass is 193 g/mol. The zero-order valence-electron chi connectivity index (χ0n) is 6.59. The number of nitrogens with zero attached hydrogens (tertiary/aromatic N) is 2. The number of oxime groups is 1. The van der Waals surface area contributed by atoms with Crippen molar-refractivity contribution < 1.29 is 18.0 Å². The van der Waals surface area contributed by atoms with Gasteiger partial charge in [-0.2, -0.15) is 18.3 Å². The summed E-state index contributed by atoms with van der Waals surface area (Å²) < 4.78 is 35.9. The van der Waals surface area contributed by atoms with Crippen molar-refractivity contribution >= 4 is 6.21 Å². The van der Waals surface area contributed by atoms with E-state index in [4.69, 9.17) is 0 Å². The van der Waals surface area contributed by atoms with E-state index < -0.39 is 11.9 Å². The van der Waals surface area contributed by atoms with E-state index >= 15 is 0 Å². The van der Waals surface area contributed by atoms with Crippen molar-refractivity contribution in [2.45, 2.75) is 6.18 Å². The molecule has 1 rings (SSSR count). The van der Waals surface area contributed by atoms with Gasteiger partial charge in [0.1, 0.15) is 18.5 Å². The Kier molecular flexibility index (Phi) is 2.54. The molecule has 0 atom stereocenters. The first-order valence-electron chi connectivity index (χ1n) is 3.23. The summed E-state index contributed by atoms with van der Waals surface area (Å²) in [6.07, 6.45) is -3.34. The molecule has 0 radical (unpaired) electrons. The Morgan fingerprint density at radius 3 is 2.77 bits per heavy atom. The number of nitrogens with one attached hydrogen (secondary N) is 1. The molecule has 0 aliphatic carbocycles. The van der Waals surface area contributed by atoms with Crippen LogP contribution in [0.15, 0.2) is 11.2 Å². The van der Waals surface area contributed by atoms with Crippen molar-refractivity contribution in [3.05, 3.63) is 17.5 Å². The Labute approximate surface area is 71.4 Å². The highest BCUT2D eigenvalue weighted by atomic mass is 19.4. The molecule has 0 amide bonds. The average molecular weight is 193 g/mol. The largest absolute Gasteiger partial charge is 0.432 e. The second kappa shape index (κ2) is 3.46. The Bertz CT molecular complexity index is 304. The Balaban J connectivity index is 2.81. The van der Waals surface area contributed by atoms with Gasteiger partial charge in [-0.15, -0.1) is 0 Å². The van der Waals surface area contributed by atoms with Crippen LogP contribution in [0, 0.1) is 0 Å². The van der Waals surface area contributed by atoms with Gasteiger partial charge in [0, 0.05) is 0 Å². The molecule has 0 saturated carbocycles. The number of aromatic amines is 1. The molecule has 0 fully saturated rings. The highest BCUT2D eigenvalue weighted by Crippen LogP contribution is 2.27. The van der Waals surface area contributed by atoms with E-state index in [2.05, 4.69) is 15.1 Å². The second-order valence-corrected chi connectivity index (χ2v) is 2.12. The van der Waals surface area contributed by atoms with Crippen LogP contribution in [-0.2, 0) is 11.0 Å². The highest BCUT2D eigenvalue weighted by molar-refractivity contribution is 5.76. The summed E-state index contributed by atoms with van der Waals surface area (Å²) in [6.45, 7) is 0. The molecule has 7 heteroatoms. The van der Waals surface area contributed by atoms with Crippen LogP contribution in [0.25, 0.3) is 0 Å². The van der Waals surface area contributed by atoms with Gasteiger partial charge in [-0.3, -0.25) is 5.10 Å². The molecule has 0 unspecified atom stereocenters. The third-order valence-electron chi connectivity index (χ3n) is 1.19. The Morgan fingerprint density at radius 1 is 1.62 bits per heavy atom. The van der Waals surface area contributed by atoms with Crippen LogP contribution in [0.3, 0.4) is 0 Å². The van der Waals surface area contributed by atoms with E-state index in [1.807, 2.05) is 5.10 Å². The van der Waals surface area contributed by atoms with Gasteiger partial charge in [0.25, 0.3) is 0 Å². The average Bonchev–Trinajstić information content (AvgIpc) is 2.47. The molecule has 1 heterocycles. The molecule has 0 bridgehead atoms. The minimum absolute atomic E-state index is 0.0641. The van der Waals surface area contributed by atoms with E-state index in [-0.39, 0.29) is 5.69 Å². The third kappa shape index (κ3) is 2.46. The van der Waals surface area contributed by atoms with E-state index in [1.165, 1.54) is 7.11 Å². The van der Waals surface area contributed by atoms with Gasteiger partial charge < -0.3 is 4.84 Å². The molecule has 4 nitrogen and oxygen atoms in total. The predicted molar refractivity (Wildman–Crippen MR) is 38.2 cm³/mol. The van der Waals surface area contributed by atoms with Gasteiger partial charge in [-0.25, -0.2) is 0 Å². The summed E-state index contributed by atoms with van der Waals surface area (Å²) in [4.78, 5) is 4.27. The maximum atomic E-state index is 12.0. The number of rotatable bonds is 2. The maximum Gasteiger partial charge on any atom is 0.432 e. The van der Waals surface area contributed by atoms with Crippen LogP contribution in [0.4, 0.5) is 13.2 Å². The molecular weight excluding hydrogens is 187 g/mol. The van der Waals surface area contributed by atoms with E-state index in [0.29, 0.717) is 0 Å². The molecule has 1 aromatic rings. The SMILES string of the molecule is CO/N=C/c1cc(C(F)(F)F)[nH]n1. The van der Waals surface area contributed by atoms with Gasteiger partial charge in [0.15, 0.2) is 0 Å². The molecular formula is C6H6F3N3O. The molecule has 0 aromatic carbocycles. The standard InChI is InChI=1S/C6H6F3N3O/c1-13-10-3-4-2-5(12-11-4)6(7,8)9/h2-3H,1H3,(H,11,12)/b10-3+. The minimum Gasteiger partial charge on any atom is -0.399 e. The highest BCUT2D eigenvalue weighted by Gasteiger charge is 2.32. The van der Waals surface area contributed by atoms with Crippen molar-refractivity contribution in [3.8, 4) is 0 Å². The van der Waals surface area contributed by atoms with Gasteiger partial charge >= 0.3 is 6.18 Å². The minimum atomic E-state index is -4.41. The molecule has 72 valence electrons. The smallest absolute Gasteiger partial charge is 0.399 e. The van der Waals surface area contributed by atoms with Crippen LogP contribution in [0.2, 0.25) is 0 Å². The lowest BCUT2D eigenvalue weighted by molar-refractivity contribution is -0.141. The van der Waals surface area contributed by atoms with Gasteiger partial charge in [-0.1, -0.05) is 5.16 Å². The van der Waals surface area contributed by atoms with Gasteiger partial charge in [0.05, 0.1) is 6.21 Å². The first kappa shape index (κ1) is 9.56. The summed E-state index contributed by atoms with van der Waals surface area (Å²) in [6, 6.07) is 0.836. The van der Waals surface area contributed by atoms with Crippen molar-refractivity contribution in [2.24, 2.45) is 5.16 Å². The van der Waals surface area contributed by atoms with E-state index in [1.54, 1.807) is 0 Å². The maximum absolute atomic E-state index is 12.0. The number of hydrogen-bond donors (Lipinski definition) is 1. The lowest BCUT2D eigenvalue weighted by atomic mass is 10.3. The van der Waals surface area contributed by atoms with E-state index in [9.17, 15) is 13.2 Å². The fourth-order valence-electron chi connectivity index (χ4n) is 0.655. The molecule has 0 saturated heterocycles. The Morgan fingerprint density at radius 2 is 2.31 bits per heavy atom. The number of alkyl halides is 3. The summed E-state index contributed by atoms with van der Waals surface area (Å²) in [5, 5.41) is 8.44. The zero-order chi connectivity index (χ0) is 9.90. The number of H-pyrrole nitrogens is 1. The lowest BCUT2D eigenvalue weighted by Gasteiger charge is -1.99. The van der Waals surface area contributed by atoms with Crippen molar-refractivity contribution in [1.82, 2.24) is 10.2 Å². The summed E-state index contributed by atoms with van der Waals surface area (Å²) in [7, 11) is 1.29. The summed E-state index contributed by atoms with van der Waals surface area (Å²) in [5.41, 5.74) is -0.848. The van der Waals surface area contributed by atoms with Crippen LogP contribution in [0.5, 0.6) is 0 Å². The fourth-order valence-corrected chi connectivity index (χ4v) is 0.655. The van der Waals surface area contributed by atoms with Crippen molar-refractivity contribution in [3.63, 3.8) is 0 Å². The van der Waals surface area contributed by atoms with Gasteiger partial charge in [-0.05, 0) is 6.07 Å². The number of aromatic nitrogens is 2. The zero-order valence-corrected chi connectivity index (χ0v) is 6.59. The number of halogens is 3. The van der Waals surface area contributed by atoms with Crippen molar-refractivity contribution in [1.29, 1.82) is 0 Å². The molecule has 1 aromatic heterocycles. The quantitative estimate of drug-likeness (QED) is 0.570.